The van der Waals surface area contributed by atoms with Crippen molar-refractivity contribution in [2.24, 2.45) is 0 Å². The molecular formula is C24H26N4. The Bertz CT molecular complexity index is 1070. The fourth-order valence-corrected chi connectivity index (χ4v) is 3.89. The van der Waals surface area contributed by atoms with Crippen LogP contribution in [-0.2, 0) is 6.42 Å². The summed E-state index contributed by atoms with van der Waals surface area (Å²) >= 11 is 0. The summed E-state index contributed by atoms with van der Waals surface area (Å²) in [5.74, 6) is 1.06. The van der Waals surface area contributed by atoms with Gasteiger partial charge in [-0.1, -0.05) is 42.5 Å². The maximum absolute atomic E-state index is 5.99. The number of aryl methyl sites for hydroxylation is 2. The molecule has 0 spiro atoms. The predicted octanol–water partition coefficient (Wildman–Crippen LogP) is 5.09. The number of benzene rings is 2. The van der Waals surface area contributed by atoms with Crippen LogP contribution >= 0.6 is 0 Å². The van der Waals surface area contributed by atoms with E-state index in [0.29, 0.717) is 5.95 Å². The fraction of sp³-hybridized carbons (Fsp3) is 0.250. The molecule has 4 rings (SSSR count). The molecule has 142 valence electrons. The number of allylic oxidation sites excluding steroid dienone is 1. The van der Waals surface area contributed by atoms with Crippen molar-refractivity contribution in [3.8, 4) is 11.3 Å². The maximum Gasteiger partial charge on any atom is 0.222 e. The third-order valence-corrected chi connectivity index (χ3v) is 5.63. The minimum atomic E-state index is 0.293. The fourth-order valence-electron chi connectivity index (χ4n) is 3.89. The summed E-state index contributed by atoms with van der Waals surface area (Å²) in [6.07, 6.45) is 4.34. The zero-order chi connectivity index (χ0) is 19.7. The highest BCUT2D eigenvalue weighted by atomic mass is 15.1. The van der Waals surface area contributed by atoms with Gasteiger partial charge in [0, 0.05) is 18.2 Å². The van der Waals surface area contributed by atoms with Gasteiger partial charge in [-0.3, -0.25) is 0 Å². The van der Waals surface area contributed by atoms with Crippen LogP contribution in [0.1, 0.15) is 34.2 Å². The molecule has 0 fully saturated rings. The Morgan fingerprint density at radius 1 is 0.964 bits per heavy atom. The van der Waals surface area contributed by atoms with Gasteiger partial charge in [-0.2, -0.15) is 4.98 Å². The van der Waals surface area contributed by atoms with Crippen molar-refractivity contribution in [2.75, 3.05) is 17.6 Å². The molecule has 0 saturated carbocycles. The zero-order valence-corrected chi connectivity index (χ0v) is 16.7. The zero-order valence-electron chi connectivity index (χ0n) is 16.7. The average molecular weight is 371 g/mol. The highest BCUT2D eigenvalue weighted by Gasteiger charge is 2.15. The Kier molecular flexibility index (Phi) is 4.86. The number of nitrogens with one attached hydrogen (secondary N) is 1. The highest BCUT2D eigenvalue weighted by molar-refractivity contribution is 5.74. The molecule has 0 aliphatic heterocycles. The molecule has 1 aliphatic rings. The Balaban J connectivity index is 1.49. The third-order valence-electron chi connectivity index (χ3n) is 5.63. The second-order valence-electron chi connectivity index (χ2n) is 7.46. The van der Waals surface area contributed by atoms with Crippen molar-refractivity contribution < 1.29 is 0 Å². The first-order valence-electron chi connectivity index (χ1n) is 9.76. The predicted molar refractivity (Wildman–Crippen MR) is 117 cm³/mol. The first-order chi connectivity index (χ1) is 13.5. The molecule has 0 radical (unpaired) electrons. The molecule has 4 nitrogen and oxygen atoms in total. The molecule has 1 aromatic heterocycles. The van der Waals surface area contributed by atoms with Crippen molar-refractivity contribution >= 4 is 17.3 Å². The number of nitrogen functional groups attached to an aromatic ring is 1. The second-order valence-corrected chi connectivity index (χ2v) is 7.46. The van der Waals surface area contributed by atoms with E-state index in [2.05, 4.69) is 78.5 Å². The summed E-state index contributed by atoms with van der Waals surface area (Å²) in [5, 5.41) is 3.43. The van der Waals surface area contributed by atoms with Gasteiger partial charge in [-0.25, -0.2) is 4.98 Å². The van der Waals surface area contributed by atoms with Gasteiger partial charge in [0.25, 0.3) is 0 Å². The van der Waals surface area contributed by atoms with Crippen LogP contribution in [0.3, 0.4) is 0 Å². The van der Waals surface area contributed by atoms with E-state index in [1.807, 2.05) is 6.07 Å². The van der Waals surface area contributed by atoms with Crippen molar-refractivity contribution in [1.82, 2.24) is 9.97 Å². The van der Waals surface area contributed by atoms with Crippen molar-refractivity contribution in [3.05, 3.63) is 76.4 Å². The monoisotopic (exact) mass is 370 g/mol. The van der Waals surface area contributed by atoms with Gasteiger partial charge in [0.05, 0.1) is 5.69 Å². The summed E-state index contributed by atoms with van der Waals surface area (Å²) in [4.78, 5) is 8.82. The van der Waals surface area contributed by atoms with E-state index in [0.717, 1.165) is 36.5 Å². The minimum absolute atomic E-state index is 0.293. The topological polar surface area (TPSA) is 63.8 Å². The van der Waals surface area contributed by atoms with Crippen molar-refractivity contribution in [2.45, 2.75) is 33.6 Å². The van der Waals surface area contributed by atoms with Crippen LogP contribution in [0.2, 0.25) is 0 Å². The molecule has 3 aromatic rings. The number of nitrogens with two attached hydrogens (primary N) is 1. The van der Waals surface area contributed by atoms with Crippen molar-refractivity contribution in [3.63, 3.8) is 0 Å². The summed E-state index contributed by atoms with van der Waals surface area (Å²) in [6.45, 7) is 7.22. The Hall–Kier alpha value is -3.14. The largest absolute Gasteiger partial charge is 0.370 e. The van der Waals surface area contributed by atoms with Gasteiger partial charge in [0.15, 0.2) is 0 Å². The van der Waals surface area contributed by atoms with E-state index in [1.165, 1.54) is 33.4 Å². The van der Waals surface area contributed by atoms with E-state index in [4.69, 9.17) is 5.73 Å². The lowest BCUT2D eigenvalue weighted by atomic mass is 10.00. The molecule has 0 bridgehead atoms. The van der Waals surface area contributed by atoms with Crippen LogP contribution in [0.15, 0.2) is 48.5 Å². The Labute approximate surface area is 166 Å². The number of hydrogen-bond acceptors (Lipinski definition) is 4. The van der Waals surface area contributed by atoms with Gasteiger partial charge >= 0.3 is 0 Å². The molecule has 0 atom stereocenters. The lowest BCUT2D eigenvalue weighted by Gasteiger charge is -2.12. The molecule has 4 heteroatoms. The maximum atomic E-state index is 5.99. The molecule has 1 aliphatic carbocycles. The van der Waals surface area contributed by atoms with E-state index >= 15 is 0 Å². The van der Waals surface area contributed by atoms with Gasteiger partial charge in [-0.05, 0) is 67.0 Å². The Morgan fingerprint density at radius 3 is 2.54 bits per heavy atom. The summed E-state index contributed by atoms with van der Waals surface area (Å²) in [5.41, 5.74) is 16.0. The number of hydrogen-bond donors (Lipinski definition) is 2. The normalized spacial score (nSPS) is 12.6. The van der Waals surface area contributed by atoms with Gasteiger partial charge in [-0.15, -0.1) is 0 Å². The summed E-state index contributed by atoms with van der Waals surface area (Å²) in [6, 6.07) is 14.8. The van der Waals surface area contributed by atoms with Crippen LogP contribution in [0.4, 0.5) is 11.8 Å². The smallest absolute Gasteiger partial charge is 0.222 e. The first-order valence-corrected chi connectivity index (χ1v) is 9.76. The number of rotatable bonds is 5. The van der Waals surface area contributed by atoms with Crippen LogP contribution < -0.4 is 11.1 Å². The van der Waals surface area contributed by atoms with Crippen LogP contribution in [0.25, 0.3) is 16.8 Å². The van der Waals surface area contributed by atoms with E-state index in [9.17, 15) is 0 Å². The van der Waals surface area contributed by atoms with E-state index in [1.54, 1.807) is 0 Å². The van der Waals surface area contributed by atoms with E-state index in [-0.39, 0.29) is 0 Å². The average Bonchev–Trinajstić information content (AvgIpc) is 3.08. The Morgan fingerprint density at radius 2 is 1.71 bits per heavy atom. The van der Waals surface area contributed by atoms with Crippen LogP contribution in [0.5, 0.6) is 0 Å². The third kappa shape index (κ3) is 3.50. The van der Waals surface area contributed by atoms with Crippen LogP contribution in [-0.4, -0.2) is 16.5 Å². The van der Waals surface area contributed by atoms with Gasteiger partial charge in [0.1, 0.15) is 5.82 Å². The lowest BCUT2D eigenvalue weighted by Crippen LogP contribution is -2.07. The lowest BCUT2D eigenvalue weighted by molar-refractivity contribution is 1.05. The first kappa shape index (κ1) is 18.2. The highest BCUT2D eigenvalue weighted by Crippen LogP contribution is 2.32. The molecule has 1 heterocycles. The SMILES string of the molecule is Cc1cccc(-c2cc(NCCC3=CCc4c(C)cccc43)nc(N)n2)c1C. The molecular weight excluding hydrogens is 344 g/mol. The molecule has 0 saturated heterocycles. The second kappa shape index (κ2) is 7.47. The van der Waals surface area contributed by atoms with E-state index < -0.39 is 0 Å². The standard InChI is InChI=1S/C24H26N4/c1-15-6-4-8-20(17(15)3)22-14-23(28-24(25)27-22)26-13-12-18-10-11-19-16(2)7-5-9-21(18)19/h4-10,14H,11-13H2,1-3H3,(H3,25,26,27,28). The number of fused-ring (bicyclic) bond motifs is 1. The number of nitrogens with zero attached hydrogens (tertiary/aromatic N) is 2. The molecule has 2 aromatic carbocycles. The van der Waals surface area contributed by atoms with Crippen LogP contribution in [0, 0.1) is 20.8 Å². The number of anilines is 2. The number of aromatic nitrogens is 2. The molecule has 0 amide bonds. The van der Waals surface area contributed by atoms with Crippen molar-refractivity contribution in [1.29, 1.82) is 0 Å². The molecule has 0 unspecified atom stereocenters. The summed E-state index contributed by atoms with van der Waals surface area (Å²) in [7, 11) is 0. The molecule has 28 heavy (non-hydrogen) atoms. The summed E-state index contributed by atoms with van der Waals surface area (Å²) < 4.78 is 0. The van der Waals surface area contributed by atoms with Gasteiger partial charge < -0.3 is 11.1 Å². The van der Waals surface area contributed by atoms with Gasteiger partial charge in [0.2, 0.25) is 5.95 Å². The molecule has 3 N–H and O–H groups in total. The quantitative estimate of drug-likeness (QED) is 0.656. The minimum Gasteiger partial charge on any atom is -0.370 e.